The fraction of sp³-hybridized carbons (Fsp3) is 0.375. The predicted octanol–water partition coefficient (Wildman–Crippen LogP) is 1.28. The van der Waals surface area contributed by atoms with E-state index in [1.54, 1.807) is 6.34 Å². The number of aromatic nitrogens is 1. The lowest BCUT2D eigenvalue weighted by atomic mass is 10.0. The number of fused-ring (bicyclic) bond motifs is 1. The van der Waals surface area contributed by atoms with Crippen molar-refractivity contribution in [2.45, 2.75) is 13.0 Å². The highest BCUT2D eigenvalue weighted by Gasteiger charge is 2.17. The molecule has 23 heavy (non-hydrogen) atoms. The molecule has 0 amide bonds. The van der Waals surface area contributed by atoms with Gasteiger partial charge in [-0.25, -0.2) is 10.2 Å². The lowest BCUT2D eigenvalue weighted by molar-refractivity contribution is 0.0690. The molecule has 7 heteroatoms. The van der Waals surface area contributed by atoms with E-state index in [0.717, 1.165) is 28.6 Å². The average Bonchev–Trinajstić information content (AvgIpc) is 3.12. The van der Waals surface area contributed by atoms with Crippen molar-refractivity contribution in [3.63, 3.8) is 0 Å². The molecule has 0 atom stereocenters. The first-order chi connectivity index (χ1) is 11.0. The molecule has 0 fully saturated rings. The van der Waals surface area contributed by atoms with Crippen LogP contribution in [0.4, 0.5) is 0 Å². The largest absolute Gasteiger partial charge is 0.477 e. The van der Waals surface area contributed by atoms with Gasteiger partial charge in [-0.3, -0.25) is 10.0 Å². The summed E-state index contributed by atoms with van der Waals surface area (Å²) in [5, 5.41) is 12.4. The topological polar surface area (TPSA) is 84.0 Å². The minimum Gasteiger partial charge on any atom is -0.477 e. The van der Waals surface area contributed by atoms with Crippen LogP contribution in [-0.2, 0) is 13.0 Å². The number of hydrogen-bond acceptors (Lipinski definition) is 5. The number of nitrogens with zero attached hydrogens (tertiary/aromatic N) is 3. The van der Waals surface area contributed by atoms with Gasteiger partial charge in [0, 0.05) is 17.4 Å². The zero-order chi connectivity index (χ0) is 16.4. The SMILES string of the molecule is CN(C)CCc1c(C(=O)O)[nH]c2ccc(CN3C=NCN3)cc12. The molecular formula is C16H21N5O2. The average molecular weight is 315 g/mol. The van der Waals surface area contributed by atoms with Crippen molar-refractivity contribution in [3.05, 3.63) is 35.0 Å². The van der Waals surface area contributed by atoms with Crippen LogP contribution in [0.15, 0.2) is 23.2 Å². The van der Waals surface area contributed by atoms with E-state index < -0.39 is 5.97 Å². The van der Waals surface area contributed by atoms with E-state index in [0.29, 0.717) is 25.3 Å². The maximum absolute atomic E-state index is 11.5. The van der Waals surface area contributed by atoms with Crippen LogP contribution in [0.2, 0.25) is 0 Å². The predicted molar refractivity (Wildman–Crippen MR) is 89.6 cm³/mol. The van der Waals surface area contributed by atoms with Crippen molar-refractivity contribution in [2.75, 3.05) is 27.3 Å². The highest BCUT2D eigenvalue weighted by Crippen LogP contribution is 2.25. The third-order valence-electron chi connectivity index (χ3n) is 3.93. The molecule has 0 bridgehead atoms. The molecule has 2 heterocycles. The number of aromatic carboxylic acids is 1. The molecule has 0 saturated carbocycles. The molecule has 0 radical (unpaired) electrons. The van der Waals surface area contributed by atoms with E-state index in [1.165, 1.54) is 0 Å². The van der Waals surface area contributed by atoms with Crippen LogP contribution in [0.25, 0.3) is 10.9 Å². The van der Waals surface area contributed by atoms with Crippen LogP contribution in [-0.4, -0.2) is 59.6 Å². The van der Waals surface area contributed by atoms with Crippen molar-refractivity contribution in [2.24, 2.45) is 4.99 Å². The van der Waals surface area contributed by atoms with Gasteiger partial charge < -0.3 is 15.0 Å². The first-order valence-corrected chi connectivity index (χ1v) is 7.56. The van der Waals surface area contributed by atoms with Gasteiger partial charge in [0.15, 0.2) is 0 Å². The summed E-state index contributed by atoms with van der Waals surface area (Å²) in [5.41, 5.74) is 6.27. The van der Waals surface area contributed by atoms with Crippen molar-refractivity contribution in [1.82, 2.24) is 20.3 Å². The number of benzene rings is 1. The van der Waals surface area contributed by atoms with E-state index in [2.05, 4.69) is 26.4 Å². The third kappa shape index (κ3) is 3.35. The van der Waals surface area contributed by atoms with Crippen LogP contribution < -0.4 is 5.43 Å². The van der Waals surface area contributed by atoms with Gasteiger partial charge >= 0.3 is 5.97 Å². The van der Waals surface area contributed by atoms with Crippen molar-refractivity contribution in [1.29, 1.82) is 0 Å². The highest BCUT2D eigenvalue weighted by atomic mass is 16.4. The Morgan fingerprint density at radius 2 is 2.26 bits per heavy atom. The van der Waals surface area contributed by atoms with Crippen molar-refractivity contribution in [3.8, 4) is 0 Å². The van der Waals surface area contributed by atoms with E-state index in [4.69, 9.17) is 0 Å². The second-order valence-electron chi connectivity index (χ2n) is 5.96. The second kappa shape index (κ2) is 6.39. The number of hydrazine groups is 1. The number of aliphatic imine (C=N–C) groups is 1. The van der Waals surface area contributed by atoms with Gasteiger partial charge in [0.2, 0.25) is 0 Å². The molecule has 1 aromatic carbocycles. The minimum atomic E-state index is -0.912. The molecule has 7 nitrogen and oxygen atoms in total. The minimum absolute atomic E-state index is 0.292. The van der Waals surface area contributed by atoms with Gasteiger partial charge in [0.25, 0.3) is 0 Å². The number of carboxylic acids is 1. The quantitative estimate of drug-likeness (QED) is 0.748. The Bertz CT molecular complexity index is 750. The molecule has 0 unspecified atom stereocenters. The van der Waals surface area contributed by atoms with E-state index in [9.17, 15) is 9.90 Å². The molecule has 3 N–H and O–H groups in total. The highest BCUT2D eigenvalue weighted by molar-refractivity contribution is 5.97. The molecule has 0 saturated heterocycles. The van der Waals surface area contributed by atoms with Gasteiger partial charge in [-0.05, 0) is 43.8 Å². The maximum atomic E-state index is 11.5. The summed E-state index contributed by atoms with van der Waals surface area (Å²) < 4.78 is 0. The molecule has 1 aliphatic rings. The molecule has 1 aliphatic heterocycles. The smallest absolute Gasteiger partial charge is 0.352 e. The Morgan fingerprint density at radius 3 is 2.91 bits per heavy atom. The van der Waals surface area contributed by atoms with Gasteiger partial charge in [0.05, 0.1) is 6.54 Å². The lowest BCUT2D eigenvalue weighted by Crippen LogP contribution is -2.30. The standard InChI is InChI=1S/C16H21N5O2/c1-20(2)6-5-12-13-7-11(8-21-10-17-9-18-21)3-4-14(13)19-15(12)16(22)23/h3-4,7,10,18-19H,5-6,8-9H2,1-2H3,(H,22,23). The van der Waals surface area contributed by atoms with Crippen LogP contribution in [0.1, 0.15) is 21.6 Å². The first kappa shape index (κ1) is 15.5. The van der Waals surface area contributed by atoms with Crippen LogP contribution in [0.5, 0.6) is 0 Å². The van der Waals surface area contributed by atoms with Gasteiger partial charge in [-0.1, -0.05) is 6.07 Å². The second-order valence-corrected chi connectivity index (χ2v) is 5.96. The molecule has 0 aliphatic carbocycles. The number of aromatic amines is 1. The molecular weight excluding hydrogens is 294 g/mol. The number of rotatable bonds is 6. The number of H-pyrrole nitrogens is 1. The fourth-order valence-corrected chi connectivity index (χ4v) is 2.78. The number of carbonyl (C=O) groups is 1. The first-order valence-electron chi connectivity index (χ1n) is 7.56. The van der Waals surface area contributed by atoms with E-state index in [-0.39, 0.29) is 0 Å². The molecule has 2 aromatic rings. The summed E-state index contributed by atoms with van der Waals surface area (Å²) in [6.45, 7) is 2.10. The normalized spacial score (nSPS) is 14.3. The summed E-state index contributed by atoms with van der Waals surface area (Å²) in [4.78, 5) is 20.7. The van der Waals surface area contributed by atoms with Crippen LogP contribution in [0.3, 0.4) is 0 Å². The molecule has 1 aromatic heterocycles. The molecule has 3 rings (SSSR count). The Morgan fingerprint density at radius 1 is 1.43 bits per heavy atom. The molecule has 122 valence electrons. The summed E-state index contributed by atoms with van der Waals surface area (Å²) in [6.07, 6.45) is 2.47. The maximum Gasteiger partial charge on any atom is 0.352 e. The number of likely N-dealkylation sites (N-methyl/N-ethyl adjacent to an activating group) is 1. The van der Waals surface area contributed by atoms with Crippen LogP contribution in [0, 0.1) is 0 Å². The fourth-order valence-electron chi connectivity index (χ4n) is 2.78. The summed E-state index contributed by atoms with van der Waals surface area (Å²) in [6, 6.07) is 6.02. The summed E-state index contributed by atoms with van der Waals surface area (Å²) in [7, 11) is 3.97. The summed E-state index contributed by atoms with van der Waals surface area (Å²) in [5.74, 6) is -0.912. The number of carboxylic acid groups (broad SMARTS) is 1. The third-order valence-corrected chi connectivity index (χ3v) is 3.93. The van der Waals surface area contributed by atoms with Crippen molar-refractivity contribution < 1.29 is 9.90 Å². The van der Waals surface area contributed by atoms with Gasteiger partial charge in [-0.15, -0.1) is 0 Å². The Labute approximate surface area is 134 Å². The van der Waals surface area contributed by atoms with Gasteiger partial charge in [0.1, 0.15) is 18.7 Å². The van der Waals surface area contributed by atoms with Gasteiger partial charge in [-0.2, -0.15) is 0 Å². The van der Waals surface area contributed by atoms with Crippen molar-refractivity contribution >= 4 is 23.2 Å². The molecule has 0 spiro atoms. The van der Waals surface area contributed by atoms with E-state index in [1.807, 2.05) is 31.2 Å². The Hall–Kier alpha value is -2.38. The van der Waals surface area contributed by atoms with E-state index >= 15 is 0 Å². The summed E-state index contributed by atoms with van der Waals surface area (Å²) >= 11 is 0. The Balaban J connectivity index is 1.95. The zero-order valence-corrected chi connectivity index (χ0v) is 13.3. The number of hydrogen-bond donors (Lipinski definition) is 3. The van der Waals surface area contributed by atoms with Crippen LogP contribution >= 0.6 is 0 Å². The number of nitrogens with one attached hydrogen (secondary N) is 2. The lowest BCUT2D eigenvalue weighted by Gasteiger charge is -2.14. The Kier molecular flexibility index (Phi) is 4.31. The zero-order valence-electron chi connectivity index (χ0n) is 13.3. The monoisotopic (exact) mass is 315 g/mol.